The Labute approximate surface area is 195 Å². The van der Waals surface area contributed by atoms with Crippen molar-refractivity contribution in [2.24, 2.45) is 5.41 Å². The molecule has 0 bridgehead atoms. The van der Waals surface area contributed by atoms with Crippen LogP contribution in [0.15, 0.2) is 30.3 Å². The molecule has 0 aliphatic carbocycles. The van der Waals surface area contributed by atoms with Gasteiger partial charge in [-0.25, -0.2) is 4.79 Å². The molecule has 2 fully saturated rings. The van der Waals surface area contributed by atoms with Crippen LogP contribution >= 0.6 is 0 Å². The maximum Gasteiger partial charge on any atom is 0.426 e. The summed E-state index contributed by atoms with van der Waals surface area (Å²) in [7, 11) is 0. The van der Waals surface area contributed by atoms with Crippen molar-refractivity contribution in [1.29, 1.82) is 0 Å². The van der Waals surface area contributed by atoms with Crippen LogP contribution in [0.5, 0.6) is 0 Å². The molecule has 2 N–H and O–H groups in total. The van der Waals surface area contributed by atoms with Crippen LogP contribution in [0, 0.1) is 5.41 Å². The first kappa shape index (κ1) is 25.1. The zero-order valence-electron chi connectivity index (χ0n) is 19.7. The number of benzene rings is 1. The van der Waals surface area contributed by atoms with Gasteiger partial charge in [-0.05, 0) is 37.2 Å². The molecule has 33 heavy (non-hydrogen) atoms. The third-order valence-electron chi connectivity index (χ3n) is 6.08. The van der Waals surface area contributed by atoms with Gasteiger partial charge >= 0.3 is 6.09 Å². The van der Waals surface area contributed by atoms with Crippen LogP contribution < -0.4 is 10.6 Å². The van der Waals surface area contributed by atoms with Crippen LogP contribution in [0.1, 0.15) is 39.2 Å². The average molecular weight is 462 g/mol. The summed E-state index contributed by atoms with van der Waals surface area (Å²) in [5.41, 5.74) is 0.958. The van der Waals surface area contributed by atoms with Gasteiger partial charge in [0, 0.05) is 0 Å². The number of hydrogen-bond acceptors (Lipinski definition) is 7. The number of ketones is 1. The standard InChI is InChI=1S/C24H35N3O6/c1-17-21(20(28)16-32-17)26-22(29)19(25-23(30)33-27-11-13-31-14-12-27)15-24(2,3)10-9-18-7-5-4-6-8-18/h4-8,17,19,21H,9-16H2,1-3H3,(H,25,30)(H,26,29)/t17-,19-,21-/m0/s1. The number of amides is 2. The molecule has 0 aromatic heterocycles. The lowest BCUT2D eigenvalue weighted by Gasteiger charge is -2.31. The van der Waals surface area contributed by atoms with Crippen molar-refractivity contribution >= 4 is 17.8 Å². The van der Waals surface area contributed by atoms with Gasteiger partial charge in [-0.3, -0.25) is 9.59 Å². The van der Waals surface area contributed by atoms with E-state index in [1.54, 1.807) is 6.92 Å². The first-order chi connectivity index (χ1) is 15.7. The van der Waals surface area contributed by atoms with Crippen molar-refractivity contribution in [3.8, 4) is 0 Å². The summed E-state index contributed by atoms with van der Waals surface area (Å²) >= 11 is 0. The molecule has 9 heteroatoms. The lowest BCUT2D eigenvalue weighted by molar-refractivity contribution is -0.148. The van der Waals surface area contributed by atoms with Crippen molar-refractivity contribution in [3.63, 3.8) is 0 Å². The lowest BCUT2D eigenvalue weighted by atomic mass is 9.80. The number of carbonyl (C=O) groups is 3. The van der Waals surface area contributed by atoms with Crippen molar-refractivity contribution in [1.82, 2.24) is 15.7 Å². The summed E-state index contributed by atoms with van der Waals surface area (Å²) in [6.07, 6.45) is 0.960. The van der Waals surface area contributed by atoms with Gasteiger partial charge in [0.15, 0.2) is 5.78 Å². The summed E-state index contributed by atoms with van der Waals surface area (Å²) in [6.45, 7) is 7.75. The maximum absolute atomic E-state index is 13.1. The molecular weight excluding hydrogens is 426 g/mol. The summed E-state index contributed by atoms with van der Waals surface area (Å²) in [4.78, 5) is 43.2. The van der Waals surface area contributed by atoms with Gasteiger partial charge in [0.2, 0.25) is 5.91 Å². The second kappa shape index (κ2) is 11.6. The van der Waals surface area contributed by atoms with E-state index in [0.717, 1.165) is 12.8 Å². The minimum atomic E-state index is -0.857. The van der Waals surface area contributed by atoms with Gasteiger partial charge in [0.1, 0.15) is 18.7 Å². The minimum absolute atomic E-state index is 0.0220. The van der Waals surface area contributed by atoms with Crippen LogP contribution in [0.25, 0.3) is 0 Å². The van der Waals surface area contributed by atoms with E-state index < -0.39 is 30.2 Å². The maximum atomic E-state index is 13.1. The first-order valence-electron chi connectivity index (χ1n) is 11.5. The van der Waals surface area contributed by atoms with E-state index in [2.05, 4.69) is 36.6 Å². The second-order valence-corrected chi connectivity index (χ2v) is 9.44. The Morgan fingerprint density at radius 1 is 1.21 bits per heavy atom. The first-order valence-corrected chi connectivity index (χ1v) is 11.5. The molecule has 2 amide bonds. The van der Waals surface area contributed by atoms with Gasteiger partial charge in [0.05, 0.1) is 32.4 Å². The van der Waals surface area contributed by atoms with E-state index in [1.165, 1.54) is 10.6 Å². The van der Waals surface area contributed by atoms with Crippen molar-refractivity contribution in [2.45, 2.75) is 58.2 Å². The van der Waals surface area contributed by atoms with Gasteiger partial charge in [-0.2, -0.15) is 0 Å². The monoisotopic (exact) mass is 461 g/mol. The Balaban J connectivity index is 1.64. The molecular formula is C24H35N3O6. The molecule has 3 atom stereocenters. The highest BCUT2D eigenvalue weighted by Crippen LogP contribution is 2.29. The zero-order chi connectivity index (χ0) is 23.8. The molecule has 2 aliphatic rings. The number of hydroxylamine groups is 2. The van der Waals surface area contributed by atoms with E-state index in [1.807, 2.05) is 18.2 Å². The molecule has 0 radical (unpaired) electrons. The van der Waals surface area contributed by atoms with Crippen molar-refractivity contribution in [3.05, 3.63) is 35.9 Å². The predicted octanol–water partition coefficient (Wildman–Crippen LogP) is 1.85. The van der Waals surface area contributed by atoms with Crippen LogP contribution in [-0.2, 0) is 30.3 Å². The number of carbonyl (C=O) groups excluding carboxylic acids is 3. The number of Topliss-reactive ketones (excluding diaryl/α,β-unsaturated/α-hetero) is 1. The molecule has 2 aliphatic heterocycles. The third kappa shape index (κ3) is 7.80. The Hall–Kier alpha value is -2.49. The molecule has 2 saturated heterocycles. The SMILES string of the molecule is C[C@@H]1OCC(=O)[C@H]1NC(=O)[C@H](CC(C)(C)CCc1ccccc1)NC(=O)ON1CCOCC1. The fourth-order valence-corrected chi connectivity index (χ4v) is 4.03. The normalized spacial score (nSPS) is 22.6. The van der Waals surface area contributed by atoms with E-state index in [0.29, 0.717) is 32.7 Å². The van der Waals surface area contributed by atoms with E-state index in [4.69, 9.17) is 14.3 Å². The molecule has 182 valence electrons. The topological polar surface area (TPSA) is 106 Å². The average Bonchev–Trinajstić information content (AvgIpc) is 3.10. The molecule has 3 rings (SSSR count). The number of nitrogens with zero attached hydrogens (tertiary/aromatic N) is 1. The molecule has 0 spiro atoms. The highest BCUT2D eigenvalue weighted by Gasteiger charge is 2.37. The Morgan fingerprint density at radius 3 is 2.55 bits per heavy atom. The quantitative estimate of drug-likeness (QED) is 0.578. The number of aryl methyl sites for hydroxylation is 1. The molecule has 2 heterocycles. The number of nitrogens with one attached hydrogen (secondary N) is 2. The fourth-order valence-electron chi connectivity index (χ4n) is 4.03. The van der Waals surface area contributed by atoms with Crippen molar-refractivity contribution < 1.29 is 28.7 Å². The van der Waals surface area contributed by atoms with Gasteiger partial charge in [-0.1, -0.05) is 44.2 Å². The fraction of sp³-hybridized carbons (Fsp3) is 0.625. The Bertz CT molecular complexity index is 810. The summed E-state index contributed by atoms with van der Waals surface area (Å²) in [5.74, 6) is -0.591. The highest BCUT2D eigenvalue weighted by molar-refractivity contribution is 5.94. The molecule has 0 saturated carbocycles. The van der Waals surface area contributed by atoms with Crippen LogP contribution in [0.3, 0.4) is 0 Å². The minimum Gasteiger partial charge on any atom is -0.379 e. The van der Waals surface area contributed by atoms with Crippen molar-refractivity contribution in [2.75, 3.05) is 32.9 Å². The van der Waals surface area contributed by atoms with Gasteiger partial charge < -0.3 is 24.9 Å². The molecule has 0 unspecified atom stereocenters. The Morgan fingerprint density at radius 2 is 1.91 bits per heavy atom. The van der Waals surface area contributed by atoms with Crippen LogP contribution in [0.4, 0.5) is 4.79 Å². The predicted molar refractivity (Wildman–Crippen MR) is 121 cm³/mol. The summed E-state index contributed by atoms with van der Waals surface area (Å²) in [5, 5.41) is 7.00. The van der Waals surface area contributed by atoms with Gasteiger partial charge in [-0.15, -0.1) is 5.06 Å². The second-order valence-electron chi connectivity index (χ2n) is 9.44. The summed E-state index contributed by atoms with van der Waals surface area (Å²) in [6, 6.07) is 8.56. The number of rotatable bonds is 9. The Kier molecular flexibility index (Phi) is 8.82. The van der Waals surface area contributed by atoms with E-state index >= 15 is 0 Å². The molecule has 1 aromatic carbocycles. The smallest absolute Gasteiger partial charge is 0.379 e. The van der Waals surface area contributed by atoms with E-state index in [9.17, 15) is 14.4 Å². The zero-order valence-corrected chi connectivity index (χ0v) is 19.7. The molecule has 1 aromatic rings. The molecule has 9 nitrogen and oxygen atoms in total. The lowest BCUT2D eigenvalue weighted by Crippen LogP contribution is -2.55. The number of morpholine rings is 1. The largest absolute Gasteiger partial charge is 0.426 e. The van der Waals surface area contributed by atoms with Crippen LogP contribution in [0.2, 0.25) is 0 Å². The van der Waals surface area contributed by atoms with E-state index in [-0.39, 0.29) is 17.8 Å². The third-order valence-corrected chi connectivity index (χ3v) is 6.08. The number of ether oxygens (including phenoxy) is 2. The van der Waals surface area contributed by atoms with Crippen LogP contribution in [-0.4, -0.2) is 73.9 Å². The summed E-state index contributed by atoms with van der Waals surface area (Å²) < 4.78 is 10.6. The number of hydrogen-bond donors (Lipinski definition) is 2. The van der Waals surface area contributed by atoms with Gasteiger partial charge in [0.25, 0.3) is 0 Å². The highest BCUT2D eigenvalue weighted by atomic mass is 16.7.